The van der Waals surface area contributed by atoms with Crippen molar-refractivity contribution in [1.82, 2.24) is 0 Å². The summed E-state index contributed by atoms with van der Waals surface area (Å²) in [6.07, 6.45) is 6.66. The summed E-state index contributed by atoms with van der Waals surface area (Å²) in [6, 6.07) is 8.76. The summed E-state index contributed by atoms with van der Waals surface area (Å²) in [4.78, 5) is 0. The zero-order valence-electron chi connectivity index (χ0n) is 12.9. The number of rotatable bonds is 4. The summed E-state index contributed by atoms with van der Waals surface area (Å²) < 4.78 is 0. The minimum absolute atomic E-state index is 1.07. The summed E-state index contributed by atoms with van der Waals surface area (Å²) in [5.41, 5.74) is 5.60. The molecule has 0 heterocycles. The number of hydrogen-bond donors (Lipinski definition) is 0. The van der Waals surface area contributed by atoms with Crippen LogP contribution in [-0.2, 0) is 6.42 Å². The van der Waals surface area contributed by atoms with E-state index in [1.807, 2.05) is 13.8 Å². The lowest BCUT2D eigenvalue weighted by atomic mass is 10.0. The number of allylic oxidation sites excluding steroid dienone is 4. The molecule has 0 saturated heterocycles. The summed E-state index contributed by atoms with van der Waals surface area (Å²) in [5.74, 6) is 0. The van der Waals surface area contributed by atoms with E-state index in [4.69, 9.17) is 0 Å². The third kappa shape index (κ3) is 7.11. The Morgan fingerprint density at radius 3 is 2.28 bits per heavy atom. The smallest absolute Gasteiger partial charge is 0.00640 e. The first-order chi connectivity index (χ1) is 8.61. The van der Waals surface area contributed by atoms with Crippen LogP contribution in [0.3, 0.4) is 0 Å². The first-order valence-corrected chi connectivity index (χ1v) is 7.00. The Balaban J connectivity index is 0.00000137. The first-order valence-electron chi connectivity index (χ1n) is 7.00. The van der Waals surface area contributed by atoms with E-state index >= 15 is 0 Å². The van der Waals surface area contributed by atoms with Crippen LogP contribution in [0.2, 0.25) is 0 Å². The first kappa shape index (κ1) is 16.7. The average Bonchev–Trinajstić information content (AvgIpc) is 2.36. The lowest BCUT2D eigenvalue weighted by molar-refractivity contribution is 1.00. The Morgan fingerprint density at radius 1 is 1.11 bits per heavy atom. The van der Waals surface area contributed by atoms with Gasteiger partial charge in [0.25, 0.3) is 0 Å². The predicted molar refractivity (Wildman–Crippen MR) is 84.0 cm³/mol. The van der Waals surface area contributed by atoms with E-state index in [-0.39, 0.29) is 0 Å². The Hall–Kier alpha value is -1.30. The second kappa shape index (κ2) is 9.70. The fraction of sp³-hybridized carbons (Fsp3) is 0.444. The Bertz CT molecular complexity index is 390. The average molecular weight is 244 g/mol. The Kier molecular flexibility index (Phi) is 9.00. The minimum atomic E-state index is 1.07. The van der Waals surface area contributed by atoms with Crippen molar-refractivity contribution in [2.75, 3.05) is 0 Å². The summed E-state index contributed by atoms with van der Waals surface area (Å²) >= 11 is 0. The molecule has 0 aliphatic carbocycles. The normalized spacial score (nSPS) is 10.4. The zero-order valence-corrected chi connectivity index (χ0v) is 12.9. The van der Waals surface area contributed by atoms with Crippen LogP contribution in [0, 0.1) is 6.92 Å². The molecule has 0 atom stereocenters. The third-order valence-electron chi connectivity index (χ3n) is 2.62. The SMILES string of the molecule is CC.CC/C(=C\C=C(C)C)Cc1cccc(C)c1. The molecule has 0 heteroatoms. The van der Waals surface area contributed by atoms with Crippen molar-refractivity contribution in [3.05, 3.63) is 58.7 Å². The largest absolute Gasteiger partial charge is 0.0764 e. The quantitative estimate of drug-likeness (QED) is 0.581. The molecule has 1 aromatic rings. The van der Waals surface area contributed by atoms with Gasteiger partial charge in [0, 0.05) is 0 Å². The van der Waals surface area contributed by atoms with Crippen LogP contribution in [0.1, 0.15) is 52.2 Å². The van der Waals surface area contributed by atoms with E-state index in [1.54, 1.807) is 0 Å². The molecule has 1 rings (SSSR count). The molecular weight excluding hydrogens is 216 g/mol. The van der Waals surface area contributed by atoms with Crippen molar-refractivity contribution >= 4 is 0 Å². The zero-order chi connectivity index (χ0) is 14.0. The molecule has 0 unspecified atom stereocenters. The van der Waals surface area contributed by atoms with Crippen LogP contribution in [-0.4, -0.2) is 0 Å². The third-order valence-corrected chi connectivity index (χ3v) is 2.62. The lowest BCUT2D eigenvalue weighted by Crippen LogP contribution is -1.90. The van der Waals surface area contributed by atoms with Gasteiger partial charge < -0.3 is 0 Å². The molecule has 0 nitrogen and oxygen atoms in total. The topological polar surface area (TPSA) is 0 Å². The van der Waals surface area contributed by atoms with E-state index in [1.165, 1.54) is 22.3 Å². The van der Waals surface area contributed by atoms with Crippen LogP contribution in [0.5, 0.6) is 0 Å². The molecule has 0 N–H and O–H groups in total. The molecule has 0 bridgehead atoms. The molecule has 1 aromatic carbocycles. The second-order valence-corrected chi connectivity index (χ2v) is 4.59. The van der Waals surface area contributed by atoms with Gasteiger partial charge in [0.2, 0.25) is 0 Å². The van der Waals surface area contributed by atoms with Crippen LogP contribution >= 0.6 is 0 Å². The molecule has 0 aromatic heterocycles. The van der Waals surface area contributed by atoms with Crippen molar-refractivity contribution in [1.29, 1.82) is 0 Å². The molecule has 18 heavy (non-hydrogen) atoms. The van der Waals surface area contributed by atoms with Gasteiger partial charge in [0.15, 0.2) is 0 Å². The van der Waals surface area contributed by atoms with Gasteiger partial charge >= 0.3 is 0 Å². The molecule has 0 radical (unpaired) electrons. The second-order valence-electron chi connectivity index (χ2n) is 4.59. The molecule has 0 saturated carbocycles. The van der Waals surface area contributed by atoms with E-state index < -0.39 is 0 Å². The summed E-state index contributed by atoms with van der Waals surface area (Å²) in [6.45, 7) is 12.6. The van der Waals surface area contributed by atoms with E-state index in [0.29, 0.717) is 0 Å². The maximum atomic E-state index is 2.27. The lowest BCUT2D eigenvalue weighted by Gasteiger charge is -2.05. The molecule has 0 aliphatic rings. The van der Waals surface area contributed by atoms with E-state index in [9.17, 15) is 0 Å². The Morgan fingerprint density at radius 2 is 1.78 bits per heavy atom. The highest BCUT2D eigenvalue weighted by Gasteiger charge is 1.97. The van der Waals surface area contributed by atoms with E-state index in [2.05, 4.69) is 64.1 Å². The van der Waals surface area contributed by atoms with Crippen LogP contribution in [0.15, 0.2) is 47.6 Å². The molecule has 0 amide bonds. The molecule has 0 spiro atoms. The molecule has 0 fully saturated rings. The van der Waals surface area contributed by atoms with Crippen LogP contribution < -0.4 is 0 Å². The van der Waals surface area contributed by atoms with Crippen molar-refractivity contribution in [3.8, 4) is 0 Å². The number of aryl methyl sites for hydroxylation is 1. The van der Waals surface area contributed by atoms with Gasteiger partial charge in [-0.3, -0.25) is 0 Å². The highest BCUT2D eigenvalue weighted by Crippen LogP contribution is 2.13. The van der Waals surface area contributed by atoms with Crippen molar-refractivity contribution < 1.29 is 0 Å². The summed E-state index contributed by atoms with van der Waals surface area (Å²) in [7, 11) is 0. The Labute approximate surface area is 113 Å². The van der Waals surface area contributed by atoms with Gasteiger partial charge in [-0.2, -0.15) is 0 Å². The molecule has 0 aliphatic heterocycles. The van der Waals surface area contributed by atoms with Crippen molar-refractivity contribution in [2.45, 2.75) is 54.4 Å². The highest BCUT2D eigenvalue weighted by molar-refractivity contribution is 5.28. The van der Waals surface area contributed by atoms with Gasteiger partial charge in [-0.25, -0.2) is 0 Å². The van der Waals surface area contributed by atoms with Gasteiger partial charge in [-0.1, -0.05) is 73.9 Å². The maximum Gasteiger partial charge on any atom is -0.00640 e. The van der Waals surface area contributed by atoms with Crippen molar-refractivity contribution in [3.63, 3.8) is 0 Å². The molecule has 100 valence electrons. The standard InChI is InChI=1S/C16H22.C2H6/c1-5-15(10-9-13(2)3)12-16-8-6-7-14(4)11-16;1-2/h6-11H,5,12H2,1-4H3;1-2H3/b15-10+;. The van der Waals surface area contributed by atoms with Gasteiger partial charge in [-0.05, 0) is 39.2 Å². The number of hydrogen-bond acceptors (Lipinski definition) is 0. The van der Waals surface area contributed by atoms with Crippen molar-refractivity contribution in [2.24, 2.45) is 0 Å². The van der Waals surface area contributed by atoms with Crippen LogP contribution in [0.25, 0.3) is 0 Å². The summed E-state index contributed by atoms with van der Waals surface area (Å²) in [5, 5.41) is 0. The maximum absolute atomic E-state index is 2.27. The minimum Gasteiger partial charge on any atom is -0.0764 e. The van der Waals surface area contributed by atoms with Gasteiger partial charge in [-0.15, -0.1) is 0 Å². The predicted octanol–water partition coefficient (Wildman–Crippen LogP) is 5.87. The number of benzene rings is 1. The van der Waals surface area contributed by atoms with Gasteiger partial charge in [0.05, 0.1) is 0 Å². The monoisotopic (exact) mass is 244 g/mol. The highest BCUT2D eigenvalue weighted by atomic mass is 14.0. The fourth-order valence-electron chi connectivity index (χ4n) is 1.67. The fourth-order valence-corrected chi connectivity index (χ4v) is 1.67. The molecular formula is C18H28. The van der Waals surface area contributed by atoms with Gasteiger partial charge in [0.1, 0.15) is 0 Å². The van der Waals surface area contributed by atoms with E-state index in [0.717, 1.165) is 12.8 Å². The van der Waals surface area contributed by atoms with Crippen LogP contribution in [0.4, 0.5) is 0 Å².